The average molecular weight is 300 g/mol. The van der Waals surface area contributed by atoms with E-state index >= 15 is 0 Å². The number of amides is 1. The molecule has 1 fully saturated rings. The summed E-state index contributed by atoms with van der Waals surface area (Å²) < 4.78 is 10.5. The third-order valence-electron chi connectivity index (χ3n) is 4.13. The van der Waals surface area contributed by atoms with Crippen molar-refractivity contribution in [1.82, 2.24) is 10.2 Å². The summed E-state index contributed by atoms with van der Waals surface area (Å²) in [5.74, 6) is 0. The summed E-state index contributed by atoms with van der Waals surface area (Å²) >= 11 is 0. The lowest BCUT2D eigenvalue weighted by Crippen LogP contribution is -2.44. The minimum Gasteiger partial charge on any atom is -0.444 e. The molecule has 0 bridgehead atoms. The van der Waals surface area contributed by atoms with Crippen LogP contribution in [0.1, 0.15) is 47.5 Å². The van der Waals surface area contributed by atoms with Gasteiger partial charge in [0, 0.05) is 32.8 Å². The Bertz CT molecular complexity index is 335. The summed E-state index contributed by atoms with van der Waals surface area (Å²) in [4.78, 5) is 13.9. The number of nitrogens with one attached hydrogen (secondary N) is 1. The quantitative estimate of drug-likeness (QED) is 0.749. The molecule has 0 heterocycles. The first-order chi connectivity index (χ1) is 9.68. The van der Waals surface area contributed by atoms with Crippen molar-refractivity contribution in [3.05, 3.63) is 0 Å². The highest BCUT2D eigenvalue weighted by molar-refractivity contribution is 5.68. The molecule has 1 rings (SSSR count). The standard InChI is InChI=1S/C16H32N2O3/c1-13(16(5)7-8-16)17-9-10-18(11-12-20-6)14(19)21-15(2,3)4/h13,17H,7-12H2,1-6H3. The summed E-state index contributed by atoms with van der Waals surface area (Å²) in [5.41, 5.74) is -0.0199. The van der Waals surface area contributed by atoms with E-state index in [2.05, 4.69) is 19.2 Å². The molecule has 21 heavy (non-hydrogen) atoms. The molecular weight excluding hydrogens is 268 g/mol. The topological polar surface area (TPSA) is 50.8 Å². The van der Waals surface area contributed by atoms with Gasteiger partial charge in [0.2, 0.25) is 0 Å². The molecule has 124 valence electrons. The van der Waals surface area contributed by atoms with E-state index in [-0.39, 0.29) is 6.09 Å². The van der Waals surface area contributed by atoms with Gasteiger partial charge in [0.25, 0.3) is 0 Å². The molecule has 1 N–H and O–H groups in total. The number of rotatable bonds is 8. The van der Waals surface area contributed by atoms with Crippen molar-refractivity contribution < 1.29 is 14.3 Å². The Morgan fingerprint density at radius 2 is 1.95 bits per heavy atom. The van der Waals surface area contributed by atoms with Gasteiger partial charge in [0.1, 0.15) is 5.60 Å². The van der Waals surface area contributed by atoms with Gasteiger partial charge >= 0.3 is 6.09 Å². The first-order valence-electron chi connectivity index (χ1n) is 7.88. The monoisotopic (exact) mass is 300 g/mol. The van der Waals surface area contributed by atoms with Gasteiger partial charge in [-0.2, -0.15) is 0 Å². The van der Waals surface area contributed by atoms with E-state index in [4.69, 9.17) is 9.47 Å². The van der Waals surface area contributed by atoms with Crippen LogP contribution in [0.4, 0.5) is 4.79 Å². The second-order valence-corrected chi connectivity index (χ2v) is 7.29. The first-order valence-corrected chi connectivity index (χ1v) is 7.88. The molecule has 5 nitrogen and oxygen atoms in total. The molecule has 0 aromatic heterocycles. The van der Waals surface area contributed by atoms with Crippen LogP contribution in [0.3, 0.4) is 0 Å². The van der Waals surface area contributed by atoms with E-state index < -0.39 is 5.60 Å². The molecule has 0 radical (unpaired) electrons. The Hall–Kier alpha value is -0.810. The summed E-state index contributed by atoms with van der Waals surface area (Å²) in [6, 6.07) is 0.486. The largest absolute Gasteiger partial charge is 0.444 e. The fourth-order valence-electron chi connectivity index (χ4n) is 2.11. The van der Waals surface area contributed by atoms with E-state index in [0.717, 1.165) is 6.54 Å². The smallest absolute Gasteiger partial charge is 0.410 e. The Kier molecular flexibility index (Phi) is 6.47. The average Bonchev–Trinajstić information content (AvgIpc) is 3.10. The second kappa shape index (κ2) is 7.45. The van der Waals surface area contributed by atoms with Gasteiger partial charge < -0.3 is 19.7 Å². The molecule has 0 aromatic carbocycles. The van der Waals surface area contributed by atoms with Gasteiger partial charge in [-0.05, 0) is 46.0 Å². The SMILES string of the molecule is COCCN(CCNC(C)C1(C)CC1)C(=O)OC(C)(C)C. The number of methoxy groups -OCH3 is 1. The molecule has 0 spiro atoms. The lowest BCUT2D eigenvalue weighted by atomic mass is 10.0. The van der Waals surface area contributed by atoms with Gasteiger partial charge in [-0.3, -0.25) is 0 Å². The van der Waals surface area contributed by atoms with Crippen molar-refractivity contribution in [2.24, 2.45) is 5.41 Å². The van der Waals surface area contributed by atoms with Crippen molar-refractivity contribution in [2.45, 2.75) is 59.1 Å². The first kappa shape index (κ1) is 18.2. The van der Waals surface area contributed by atoms with E-state index in [1.165, 1.54) is 12.8 Å². The van der Waals surface area contributed by atoms with Crippen molar-refractivity contribution in [3.8, 4) is 0 Å². The Labute approximate surface area is 129 Å². The van der Waals surface area contributed by atoms with Crippen molar-refractivity contribution in [1.29, 1.82) is 0 Å². The summed E-state index contributed by atoms with van der Waals surface area (Å²) in [6.45, 7) is 12.7. The number of nitrogens with zero attached hydrogens (tertiary/aromatic N) is 1. The molecule has 1 atom stereocenters. The summed E-state index contributed by atoms with van der Waals surface area (Å²) in [6.07, 6.45) is 2.31. The number of carbonyl (C=O) groups is 1. The lowest BCUT2D eigenvalue weighted by Gasteiger charge is -2.28. The molecule has 1 aliphatic rings. The van der Waals surface area contributed by atoms with Crippen LogP contribution >= 0.6 is 0 Å². The zero-order valence-electron chi connectivity index (χ0n) is 14.5. The van der Waals surface area contributed by atoms with Crippen LogP contribution in [0, 0.1) is 5.41 Å². The maximum atomic E-state index is 12.2. The highest BCUT2D eigenvalue weighted by Gasteiger charge is 2.42. The Morgan fingerprint density at radius 3 is 2.43 bits per heavy atom. The molecule has 1 aliphatic carbocycles. The van der Waals surface area contributed by atoms with Crippen LogP contribution in [-0.4, -0.2) is 56.0 Å². The second-order valence-electron chi connectivity index (χ2n) is 7.29. The van der Waals surface area contributed by atoms with Crippen molar-refractivity contribution >= 4 is 6.09 Å². The van der Waals surface area contributed by atoms with E-state index in [0.29, 0.717) is 31.2 Å². The van der Waals surface area contributed by atoms with E-state index in [9.17, 15) is 4.79 Å². The fraction of sp³-hybridized carbons (Fsp3) is 0.938. The molecule has 1 saturated carbocycles. The molecule has 1 unspecified atom stereocenters. The Morgan fingerprint density at radius 1 is 1.33 bits per heavy atom. The maximum absolute atomic E-state index is 12.2. The minimum atomic E-state index is -0.468. The van der Waals surface area contributed by atoms with Gasteiger partial charge in [-0.1, -0.05) is 6.92 Å². The van der Waals surface area contributed by atoms with Crippen LogP contribution in [-0.2, 0) is 9.47 Å². The van der Waals surface area contributed by atoms with Crippen LogP contribution < -0.4 is 5.32 Å². The molecule has 0 aromatic rings. The van der Waals surface area contributed by atoms with Crippen LogP contribution in [0.2, 0.25) is 0 Å². The van der Waals surface area contributed by atoms with Gasteiger partial charge in [-0.15, -0.1) is 0 Å². The van der Waals surface area contributed by atoms with E-state index in [1.807, 2.05) is 20.8 Å². The Balaban J connectivity index is 2.39. The van der Waals surface area contributed by atoms with Crippen LogP contribution in [0.15, 0.2) is 0 Å². The van der Waals surface area contributed by atoms with Gasteiger partial charge in [0.15, 0.2) is 0 Å². The molecule has 0 saturated heterocycles. The zero-order chi connectivity index (χ0) is 16.1. The lowest BCUT2D eigenvalue weighted by molar-refractivity contribution is 0.0202. The van der Waals surface area contributed by atoms with Crippen molar-refractivity contribution in [2.75, 3.05) is 33.4 Å². The highest BCUT2D eigenvalue weighted by Crippen LogP contribution is 2.47. The number of hydrogen-bond acceptors (Lipinski definition) is 4. The number of hydrogen-bond donors (Lipinski definition) is 1. The summed E-state index contributed by atoms with van der Waals surface area (Å²) in [5, 5.41) is 3.52. The van der Waals surface area contributed by atoms with Crippen molar-refractivity contribution in [3.63, 3.8) is 0 Å². The van der Waals surface area contributed by atoms with Crippen LogP contribution in [0.25, 0.3) is 0 Å². The fourth-order valence-corrected chi connectivity index (χ4v) is 2.11. The number of ether oxygens (including phenoxy) is 2. The van der Waals surface area contributed by atoms with Gasteiger partial charge in [-0.25, -0.2) is 4.79 Å². The molecule has 0 aliphatic heterocycles. The third-order valence-corrected chi connectivity index (χ3v) is 4.13. The number of carbonyl (C=O) groups excluding carboxylic acids is 1. The summed E-state index contributed by atoms with van der Waals surface area (Å²) in [7, 11) is 1.64. The third kappa shape index (κ3) is 6.66. The molecule has 1 amide bonds. The van der Waals surface area contributed by atoms with E-state index in [1.54, 1.807) is 12.0 Å². The minimum absolute atomic E-state index is 0.272. The normalized spacial score (nSPS) is 18.2. The van der Waals surface area contributed by atoms with Gasteiger partial charge in [0.05, 0.1) is 6.61 Å². The molecule has 5 heteroatoms. The molecular formula is C16H32N2O3. The zero-order valence-corrected chi connectivity index (χ0v) is 14.5. The highest BCUT2D eigenvalue weighted by atomic mass is 16.6. The predicted molar refractivity (Wildman–Crippen MR) is 84.5 cm³/mol. The van der Waals surface area contributed by atoms with Crippen LogP contribution in [0.5, 0.6) is 0 Å². The maximum Gasteiger partial charge on any atom is 0.410 e. The predicted octanol–water partition coefficient (Wildman–Crippen LogP) is 2.65.